The molecule has 2 aromatic rings. The van der Waals surface area contributed by atoms with Crippen molar-refractivity contribution in [3.63, 3.8) is 0 Å². The molecule has 1 N–H and O–H groups in total. The van der Waals surface area contributed by atoms with Gasteiger partial charge in [0, 0.05) is 37.5 Å². The summed E-state index contributed by atoms with van der Waals surface area (Å²) in [5, 5.41) is 2.13. The number of alkyl halides is 3. The molecule has 2 aliphatic rings. The maximum atomic E-state index is 13.9. The average Bonchev–Trinajstić information content (AvgIpc) is 3.08. The summed E-state index contributed by atoms with van der Waals surface area (Å²) in [4.78, 5) is 30.3. The number of piperidine rings is 1. The average molecular weight is 496 g/mol. The number of amides is 2. The van der Waals surface area contributed by atoms with Gasteiger partial charge in [0.15, 0.2) is 5.54 Å². The first-order valence-electron chi connectivity index (χ1n) is 10.9. The lowest BCUT2D eigenvalue weighted by Crippen LogP contribution is -2.61. The number of para-hydroxylation sites is 1. The van der Waals surface area contributed by atoms with Gasteiger partial charge < -0.3 is 15.0 Å². The van der Waals surface area contributed by atoms with Crippen LogP contribution in [0.15, 0.2) is 36.4 Å². The SMILES string of the molecule is COc1ccccc1C1(N2CCCC[C@H]2C(=O)N(C)C)C(=O)Nc2cc(C(F)(F)F)c(Cl)cc21. The van der Waals surface area contributed by atoms with E-state index in [1.807, 2.05) is 0 Å². The van der Waals surface area contributed by atoms with Gasteiger partial charge in [0.1, 0.15) is 5.75 Å². The number of nitrogens with one attached hydrogen (secondary N) is 1. The van der Waals surface area contributed by atoms with Gasteiger partial charge in [-0.2, -0.15) is 13.2 Å². The highest BCUT2D eigenvalue weighted by Crippen LogP contribution is 2.52. The molecule has 182 valence electrons. The lowest BCUT2D eigenvalue weighted by Gasteiger charge is -2.47. The minimum absolute atomic E-state index is 0.00857. The van der Waals surface area contributed by atoms with Crippen LogP contribution in [0, 0.1) is 0 Å². The first kappa shape index (κ1) is 24.3. The molecule has 1 unspecified atom stereocenters. The number of carbonyl (C=O) groups is 2. The first-order chi connectivity index (χ1) is 16.0. The van der Waals surface area contributed by atoms with E-state index in [1.54, 1.807) is 43.3 Å². The fourth-order valence-electron chi connectivity index (χ4n) is 5.07. The predicted molar refractivity (Wildman–Crippen MR) is 122 cm³/mol. The van der Waals surface area contributed by atoms with Crippen LogP contribution in [0.3, 0.4) is 0 Å². The molecule has 1 fully saturated rings. The van der Waals surface area contributed by atoms with Crippen LogP contribution in [-0.4, -0.2) is 55.4 Å². The molecule has 10 heteroatoms. The van der Waals surface area contributed by atoms with E-state index in [0.717, 1.165) is 12.5 Å². The lowest BCUT2D eigenvalue weighted by molar-refractivity contribution is -0.142. The maximum Gasteiger partial charge on any atom is 0.417 e. The molecule has 0 bridgehead atoms. The normalized spacial score (nSPS) is 22.8. The Balaban J connectivity index is 2.04. The zero-order valence-electron chi connectivity index (χ0n) is 19.0. The van der Waals surface area contributed by atoms with Crippen LogP contribution in [0.1, 0.15) is 36.0 Å². The number of halogens is 4. The second-order valence-corrected chi connectivity index (χ2v) is 9.09. The predicted octanol–water partition coefficient (Wildman–Crippen LogP) is 4.51. The van der Waals surface area contributed by atoms with Crippen LogP contribution >= 0.6 is 11.6 Å². The first-order valence-corrected chi connectivity index (χ1v) is 11.2. The molecule has 0 aliphatic carbocycles. The Kier molecular flexibility index (Phi) is 6.29. The van der Waals surface area contributed by atoms with E-state index in [9.17, 15) is 22.8 Å². The number of anilines is 1. The quantitative estimate of drug-likeness (QED) is 0.678. The molecule has 0 aromatic heterocycles. The topological polar surface area (TPSA) is 61.9 Å². The Morgan fingerprint density at radius 2 is 1.91 bits per heavy atom. The monoisotopic (exact) mass is 495 g/mol. The van der Waals surface area contributed by atoms with Crippen molar-refractivity contribution in [2.45, 2.75) is 37.0 Å². The van der Waals surface area contributed by atoms with E-state index in [4.69, 9.17) is 16.3 Å². The summed E-state index contributed by atoms with van der Waals surface area (Å²) in [5.74, 6) is -0.364. The molecule has 1 saturated heterocycles. The number of hydrogen-bond acceptors (Lipinski definition) is 4. The van der Waals surface area contributed by atoms with Gasteiger partial charge in [-0.15, -0.1) is 0 Å². The number of rotatable bonds is 4. The van der Waals surface area contributed by atoms with E-state index in [1.165, 1.54) is 18.1 Å². The van der Waals surface area contributed by atoms with Gasteiger partial charge in [-0.3, -0.25) is 14.5 Å². The third kappa shape index (κ3) is 3.71. The molecule has 6 nitrogen and oxygen atoms in total. The summed E-state index contributed by atoms with van der Waals surface area (Å²) in [6.45, 7) is 0.383. The summed E-state index contributed by atoms with van der Waals surface area (Å²) < 4.78 is 46.3. The van der Waals surface area contributed by atoms with Crippen LogP contribution in [0.2, 0.25) is 5.02 Å². The lowest BCUT2D eigenvalue weighted by atomic mass is 9.78. The van der Waals surface area contributed by atoms with Crippen molar-refractivity contribution in [2.75, 3.05) is 33.1 Å². The fourth-order valence-corrected chi connectivity index (χ4v) is 5.34. The second kappa shape index (κ2) is 8.78. The number of methoxy groups -OCH3 is 1. The Bertz CT molecular complexity index is 1140. The highest BCUT2D eigenvalue weighted by atomic mass is 35.5. The number of nitrogens with zero attached hydrogens (tertiary/aromatic N) is 2. The number of carbonyl (C=O) groups excluding carboxylic acids is 2. The molecule has 2 atom stereocenters. The van der Waals surface area contributed by atoms with Crippen molar-refractivity contribution < 1.29 is 27.5 Å². The van der Waals surface area contributed by atoms with Crippen molar-refractivity contribution in [2.24, 2.45) is 0 Å². The van der Waals surface area contributed by atoms with E-state index < -0.39 is 34.3 Å². The molecule has 0 spiro atoms. The van der Waals surface area contributed by atoms with Gasteiger partial charge >= 0.3 is 6.18 Å². The molecular weight excluding hydrogens is 471 g/mol. The van der Waals surface area contributed by atoms with Crippen molar-refractivity contribution in [3.05, 3.63) is 58.1 Å². The second-order valence-electron chi connectivity index (χ2n) is 8.68. The van der Waals surface area contributed by atoms with E-state index >= 15 is 0 Å². The molecule has 2 heterocycles. The minimum atomic E-state index is -4.69. The van der Waals surface area contributed by atoms with Crippen LogP contribution in [0.4, 0.5) is 18.9 Å². The summed E-state index contributed by atoms with van der Waals surface area (Å²) in [6, 6.07) is 8.23. The Morgan fingerprint density at radius 1 is 1.21 bits per heavy atom. The smallest absolute Gasteiger partial charge is 0.417 e. The largest absolute Gasteiger partial charge is 0.496 e. The van der Waals surface area contributed by atoms with Crippen LogP contribution in [-0.2, 0) is 21.3 Å². The standard InChI is InChI=1S/C24H25ClF3N3O3/c1-30(2)21(32)19-9-6-7-11-31(19)23(14-8-4-5-10-20(14)34-3)16-12-17(25)15(24(26,27)28)13-18(16)29-22(23)33/h4-5,8,10,12-13,19H,6-7,9,11H2,1-3H3,(H,29,33)/t19-,23?/m0/s1. The molecule has 4 rings (SSSR count). The Labute approximate surface area is 200 Å². The van der Waals surface area contributed by atoms with Crippen molar-refractivity contribution in [1.82, 2.24) is 9.80 Å². The third-order valence-corrected chi connectivity index (χ3v) is 6.85. The summed E-state index contributed by atoms with van der Waals surface area (Å²) in [6.07, 6.45) is -2.69. The molecule has 34 heavy (non-hydrogen) atoms. The van der Waals surface area contributed by atoms with E-state index in [0.29, 0.717) is 30.7 Å². The molecular formula is C24H25ClF3N3O3. The highest BCUT2D eigenvalue weighted by molar-refractivity contribution is 6.32. The molecule has 2 amide bonds. The number of hydrogen-bond donors (Lipinski definition) is 1. The zero-order chi connectivity index (χ0) is 24.8. The van der Waals surface area contributed by atoms with Crippen molar-refractivity contribution in [3.8, 4) is 5.75 Å². The van der Waals surface area contributed by atoms with Crippen LogP contribution in [0.5, 0.6) is 5.75 Å². The van der Waals surface area contributed by atoms with Gasteiger partial charge in [0.2, 0.25) is 5.91 Å². The van der Waals surface area contributed by atoms with Crippen LogP contribution < -0.4 is 10.1 Å². The maximum absolute atomic E-state index is 13.9. The van der Waals surface area contributed by atoms with Gasteiger partial charge in [-0.1, -0.05) is 36.2 Å². The van der Waals surface area contributed by atoms with Gasteiger partial charge in [-0.05, 0) is 31.0 Å². The Hall–Kier alpha value is -2.78. The number of likely N-dealkylation sites (tertiary alicyclic amines) is 1. The summed E-state index contributed by atoms with van der Waals surface area (Å²) >= 11 is 6.13. The zero-order valence-corrected chi connectivity index (χ0v) is 19.8. The number of fused-ring (bicyclic) bond motifs is 1. The van der Waals surface area contributed by atoms with E-state index in [2.05, 4.69) is 5.32 Å². The highest BCUT2D eigenvalue weighted by Gasteiger charge is 2.58. The van der Waals surface area contributed by atoms with Gasteiger partial charge in [-0.25, -0.2) is 0 Å². The summed E-state index contributed by atoms with van der Waals surface area (Å²) in [7, 11) is 4.73. The number of ether oxygens (including phenoxy) is 1. The van der Waals surface area contributed by atoms with E-state index in [-0.39, 0.29) is 17.2 Å². The van der Waals surface area contributed by atoms with Gasteiger partial charge in [0.25, 0.3) is 5.91 Å². The van der Waals surface area contributed by atoms with Crippen molar-refractivity contribution in [1.29, 1.82) is 0 Å². The molecule has 2 aliphatic heterocycles. The third-order valence-electron chi connectivity index (χ3n) is 6.54. The molecule has 0 radical (unpaired) electrons. The Morgan fingerprint density at radius 3 is 2.56 bits per heavy atom. The van der Waals surface area contributed by atoms with Crippen molar-refractivity contribution >= 4 is 29.1 Å². The van der Waals surface area contributed by atoms with Gasteiger partial charge in [0.05, 0.1) is 23.7 Å². The van der Waals surface area contributed by atoms with Crippen LogP contribution in [0.25, 0.3) is 0 Å². The number of benzene rings is 2. The molecule has 0 saturated carbocycles. The fraction of sp³-hybridized carbons (Fsp3) is 0.417. The minimum Gasteiger partial charge on any atom is -0.496 e. The molecule has 2 aromatic carbocycles. The summed E-state index contributed by atoms with van der Waals surface area (Å²) in [5.41, 5.74) is -1.94. The number of likely N-dealkylation sites (N-methyl/N-ethyl adjacent to an activating group) is 1.